The fourth-order valence-corrected chi connectivity index (χ4v) is 1.93. The lowest BCUT2D eigenvalue weighted by molar-refractivity contribution is 0.101. The Morgan fingerprint density at radius 1 is 1.44 bits per heavy atom. The van der Waals surface area contributed by atoms with Crippen molar-refractivity contribution in [1.82, 2.24) is 9.38 Å². The molecule has 2 aromatic heterocycles. The van der Waals surface area contributed by atoms with Crippen LogP contribution in [-0.4, -0.2) is 15.2 Å². The molecule has 0 fully saturated rings. The van der Waals surface area contributed by atoms with Crippen molar-refractivity contribution in [2.45, 2.75) is 26.7 Å². The van der Waals surface area contributed by atoms with Gasteiger partial charge in [-0.1, -0.05) is 25.4 Å². The van der Waals surface area contributed by atoms with Crippen molar-refractivity contribution in [1.29, 1.82) is 0 Å². The van der Waals surface area contributed by atoms with Crippen LogP contribution in [0.5, 0.6) is 0 Å². The smallest absolute Gasteiger partial charge is 0.161 e. The van der Waals surface area contributed by atoms with Crippen LogP contribution in [-0.2, 0) is 0 Å². The van der Waals surface area contributed by atoms with Crippen LogP contribution in [0.2, 0.25) is 5.15 Å². The highest BCUT2D eigenvalue weighted by Crippen LogP contribution is 2.23. The number of pyridine rings is 1. The molecule has 16 heavy (non-hydrogen) atoms. The molecule has 0 spiro atoms. The lowest BCUT2D eigenvalue weighted by atomic mass is 10.2. The molecule has 0 aliphatic rings. The average Bonchev–Trinajstić information content (AvgIpc) is 2.56. The number of ketones is 1. The minimum atomic E-state index is 0.0430. The zero-order chi connectivity index (χ0) is 11.9. The van der Waals surface area contributed by atoms with Crippen molar-refractivity contribution < 1.29 is 4.79 Å². The molecule has 84 valence electrons. The number of carbonyl (C=O) groups is 1. The fourth-order valence-electron chi connectivity index (χ4n) is 1.69. The number of hydrogen-bond acceptors (Lipinski definition) is 2. The van der Waals surface area contributed by atoms with E-state index in [-0.39, 0.29) is 11.7 Å². The Morgan fingerprint density at radius 2 is 2.12 bits per heavy atom. The number of halogens is 1. The van der Waals surface area contributed by atoms with Gasteiger partial charge in [-0.3, -0.25) is 4.79 Å². The van der Waals surface area contributed by atoms with E-state index in [1.54, 1.807) is 19.2 Å². The Morgan fingerprint density at radius 3 is 2.69 bits per heavy atom. The summed E-state index contributed by atoms with van der Waals surface area (Å²) in [5, 5.41) is 0.485. The Kier molecular flexibility index (Phi) is 2.72. The highest BCUT2D eigenvalue weighted by Gasteiger charge is 2.13. The van der Waals surface area contributed by atoms with E-state index in [4.69, 9.17) is 11.6 Å². The second-order valence-corrected chi connectivity index (χ2v) is 4.50. The number of rotatable bonds is 2. The minimum absolute atomic E-state index is 0.0430. The molecule has 0 amide bonds. The molecule has 0 N–H and O–H groups in total. The summed E-state index contributed by atoms with van der Waals surface area (Å²) in [6.45, 7) is 5.64. The van der Waals surface area contributed by atoms with Gasteiger partial charge in [0.15, 0.2) is 10.9 Å². The molecule has 3 nitrogen and oxygen atoms in total. The van der Waals surface area contributed by atoms with Crippen LogP contribution in [0.15, 0.2) is 18.3 Å². The molecule has 0 aliphatic heterocycles. The normalized spacial score (nSPS) is 11.3. The van der Waals surface area contributed by atoms with E-state index < -0.39 is 0 Å². The molecular formula is C12H13ClN2O. The summed E-state index contributed by atoms with van der Waals surface area (Å²) in [4.78, 5) is 15.6. The van der Waals surface area contributed by atoms with Crippen LogP contribution < -0.4 is 0 Å². The Hall–Kier alpha value is -1.35. The highest BCUT2D eigenvalue weighted by atomic mass is 35.5. The molecule has 0 unspecified atom stereocenters. The van der Waals surface area contributed by atoms with Gasteiger partial charge in [0.25, 0.3) is 0 Å². The third-order valence-corrected chi connectivity index (χ3v) is 2.82. The zero-order valence-corrected chi connectivity index (χ0v) is 10.2. The van der Waals surface area contributed by atoms with E-state index in [9.17, 15) is 4.79 Å². The first-order chi connectivity index (χ1) is 7.50. The molecule has 4 heteroatoms. The van der Waals surface area contributed by atoms with Crippen LogP contribution in [0.1, 0.15) is 42.9 Å². The number of aromatic nitrogens is 2. The van der Waals surface area contributed by atoms with E-state index >= 15 is 0 Å². The van der Waals surface area contributed by atoms with Gasteiger partial charge >= 0.3 is 0 Å². The maximum atomic E-state index is 11.3. The summed E-state index contributed by atoms with van der Waals surface area (Å²) in [6, 6.07) is 3.60. The van der Waals surface area contributed by atoms with Gasteiger partial charge in [0.1, 0.15) is 5.82 Å². The molecule has 0 aromatic carbocycles. The van der Waals surface area contributed by atoms with Gasteiger partial charge in [0.2, 0.25) is 0 Å². The van der Waals surface area contributed by atoms with Gasteiger partial charge < -0.3 is 4.40 Å². The maximum Gasteiger partial charge on any atom is 0.161 e. The second kappa shape index (κ2) is 3.91. The SMILES string of the molecule is CC(=O)c1ccc2c(Cl)nc(C(C)C)n2c1. The quantitative estimate of drug-likeness (QED) is 0.750. The largest absolute Gasteiger partial charge is 0.301 e. The predicted octanol–water partition coefficient (Wildman–Crippen LogP) is 3.31. The molecule has 0 aliphatic carbocycles. The molecule has 0 saturated heterocycles. The van der Waals surface area contributed by atoms with Crippen LogP contribution in [0.4, 0.5) is 0 Å². The molecule has 0 bridgehead atoms. The number of nitrogens with zero attached hydrogens (tertiary/aromatic N) is 2. The molecule has 2 heterocycles. The van der Waals surface area contributed by atoms with E-state index in [0.717, 1.165) is 11.3 Å². The third-order valence-electron chi connectivity index (χ3n) is 2.54. The molecule has 0 radical (unpaired) electrons. The highest BCUT2D eigenvalue weighted by molar-refractivity contribution is 6.32. The molecular weight excluding hydrogens is 224 g/mol. The number of fused-ring (bicyclic) bond motifs is 1. The summed E-state index contributed by atoms with van der Waals surface area (Å²) in [5.74, 6) is 1.19. The van der Waals surface area contributed by atoms with Crippen LogP contribution in [0.3, 0.4) is 0 Å². The molecule has 0 atom stereocenters. The van der Waals surface area contributed by atoms with E-state index in [0.29, 0.717) is 10.7 Å². The van der Waals surface area contributed by atoms with Gasteiger partial charge in [0.05, 0.1) is 5.52 Å². The molecule has 2 aromatic rings. The van der Waals surface area contributed by atoms with Crippen molar-refractivity contribution in [2.24, 2.45) is 0 Å². The lowest BCUT2D eigenvalue weighted by Gasteiger charge is -2.05. The first-order valence-corrected chi connectivity index (χ1v) is 5.57. The van der Waals surface area contributed by atoms with Gasteiger partial charge in [-0.05, 0) is 19.1 Å². The third kappa shape index (κ3) is 1.71. The van der Waals surface area contributed by atoms with E-state index in [2.05, 4.69) is 4.98 Å². The Balaban J connectivity index is 2.74. The maximum absolute atomic E-state index is 11.3. The topological polar surface area (TPSA) is 34.4 Å². The first kappa shape index (κ1) is 11.1. The second-order valence-electron chi connectivity index (χ2n) is 4.14. The van der Waals surface area contributed by atoms with Crippen molar-refractivity contribution in [3.05, 3.63) is 34.9 Å². The average molecular weight is 237 g/mol. The summed E-state index contributed by atoms with van der Waals surface area (Å²) >= 11 is 6.04. The van der Waals surface area contributed by atoms with E-state index in [1.807, 2.05) is 24.3 Å². The van der Waals surface area contributed by atoms with Gasteiger partial charge in [-0.15, -0.1) is 0 Å². The van der Waals surface area contributed by atoms with Gasteiger partial charge in [-0.2, -0.15) is 0 Å². The number of carbonyl (C=O) groups excluding carboxylic acids is 1. The molecule has 0 saturated carbocycles. The zero-order valence-electron chi connectivity index (χ0n) is 9.49. The Bertz CT molecular complexity index is 557. The van der Waals surface area contributed by atoms with Crippen molar-refractivity contribution >= 4 is 22.9 Å². The summed E-state index contributed by atoms with van der Waals surface area (Å²) in [6.07, 6.45) is 1.80. The van der Waals surface area contributed by atoms with Crippen LogP contribution in [0, 0.1) is 0 Å². The van der Waals surface area contributed by atoms with Crippen LogP contribution in [0.25, 0.3) is 5.52 Å². The van der Waals surface area contributed by atoms with Crippen LogP contribution >= 0.6 is 11.6 Å². The lowest BCUT2D eigenvalue weighted by Crippen LogP contribution is -2.00. The predicted molar refractivity (Wildman–Crippen MR) is 64.3 cm³/mol. The minimum Gasteiger partial charge on any atom is -0.301 e. The fraction of sp³-hybridized carbons (Fsp3) is 0.333. The van der Waals surface area contributed by atoms with Gasteiger partial charge in [0, 0.05) is 17.7 Å². The van der Waals surface area contributed by atoms with Crippen molar-refractivity contribution in [3.63, 3.8) is 0 Å². The van der Waals surface area contributed by atoms with E-state index in [1.165, 1.54) is 0 Å². The Labute approximate surface area is 99.1 Å². The number of imidazole rings is 1. The van der Waals surface area contributed by atoms with Crippen molar-refractivity contribution in [3.8, 4) is 0 Å². The summed E-state index contributed by atoms with van der Waals surface area (Å²) in [5.41, 5.74) is 1.51. The first-order valence-electron chi connectivity index (χ1n) is 5.19. The summed E-state index contributed by atoms with van der Waals surface area (Å²) < 4.78 is 1.89. The molecule has 2 rings (SSSR count). The van der Waals surface area contributed by atoms with Gasteiger partial charge in [-0.25, -0.2) is 4.98 Å². The van der Waals surface area contributed by atoms with Crippen molar-refractivity contribution in [2.75, 3.05) is 0 Å². The standard InChI is InChI=1S/C12H13ClN2O/c1-7(2)12-14-11(13)10-5-4-9(8(3)16)6-15(10)12/h4-7H,1-3H3. The number of Topliss-reactive ketones (excluding diaryl/α,β-unsaturated/α-hetero) is 1. The summed E-state index contributed by atoms with van der Waals surface area (Å²) in [7, 11) is 0. The number of hydrogen-bond donors (Lipinski definition) is 0. The monoisotopic (exact) mass is 236 g/mol.